The Labute approximate surface area is 223 Å². The third-order valence-corrected chi connectivity index (χ3v) is 7.40. The Morgan fingerprint density at radius 3 is 2.41 bits per heavy atom. The molecule has 0 aliphatic heterocycles. The number of hydrogen-bond acceptors (Lipinski definition) is 3. The molecule has 1 aliphatic rings. The Morgan fingerprint density at radius 2 is 1.73 bits per heavy atom. The third kappa shape index (κ3) is 5.29. The summed E-state index contributed by atoms with van der Waals surface area (Å²) in [4.78, 5) is 0. The molecule has 3 aromatic carbocycles. The van der Waals surface area contributed by atoms with Crippen LogP contribution in [0.3, 0.4) is 0 Å². The van der Waals surface area contributed by atoms with Gasteiger partial charge in [-0.1, -0.05) is 37.4 Å². The Balaban J connectivity index is 1.52. The summed E-state index contributed by atoms with van der Waals surface area (Å²) in [6.45, 7) is 10.8. The lowest BCUT2D eigenvalue weighted by Crippen LogP contribution is -2.07. The molecule has 9 heteroatoms. The predicted molar refractivity (Wildman–Crippen MR) is 144 cm³/mol. The highest BCUT2D eigenvalue weighted by molar-refractivity contribution is 6.52. The molecule has 2 atom stereocenters. The number of hydrogen-bond donors (Lipinski definition) is 3. The molecule has 2 unspecified atom stereocenters. The van der Waals surface area contributed by atoms with Gasteiger partial charge in [-0.05, 0) is 48.4 Å². The number of nitrogens with two attached hydrogens (primary N) is 1. The van der Waals surface area contributed by atoms with Crippen LogP contribution in [0.25, 0.3) is 5.70 Å². The molecule has 194 valence electrons. The highest BCUT2D eigenvalue weighted by Gasteiger charge is 2.65. The van der Waals surface area contributed by atoms with Gasteiger partial charge in [-0.25, -0.2) is 17.6 Å². The van der Waals surface area contributed by atoms with E-state index in [0.717, 1.165) is 18.6 Å². The number of nitrogen functional groups attached to an aromatic ring is 1. The third-order valence-electron chi connectivity index (χ3n) is 6.46. The first kappa shape index (κ1) is 26.9. The van der Waals surface area contributed by atoms with E-state index in [1.165, 1.54) is 18.2 Å². The smallest absolute Gasteiger partial charge is 0.270 e. The molecule has 3 aromatic rings. The summed E-state index contributed by atoms with van der Waals surface area (Å²) >= 11 is 13.1. The van der Waals surface area contributed by atoms with Gasteiger partial charge >= 0.3 is 0 Å². The van der Waals surface area contributed by atoms with Crippen LogP contribution in [-0.4, -0.2) is 4.33 Å². The van der Waals surface area contributed by atoms with Gasteiger partial charge < -0.3 is 16.4 Å². The summed E-state index contributed by atoms with van der Waals surface area (Å²) in [7, 11) is 0. The summed E-state index contributed by atoms with van der Waals surface area (Å²) in [5.74, 6) is -5.61. The molecule has 0 radical (unpaired) electrons. The zero-order valence-corrected chi connectivity index (χ0v) is 21.6. The maximum atomic E-state index is 14.4. The quantitative estimate of drug-likeness (QED) is 0.150. The maximum Gasteiger partial charge on any atom is 0.270 e. The van der Waals surface area contributed by atoms with Crippen molar-refractivity contribution in [1.82, 2.24) is 0 Å². The van der Waals surface area contributed by atoms with Crippen LogP contribution in [0.1, 0.15) is 35.1 Å². The van der Waals surface area contributed by atoms with E-state index >= 15 is 0 Å². The van der Waals surface area contributed by atoms with Crippen LogP contribution in [0, 0.1) is 24.5 Å². The molecule has 3 nitrogen and oxygen atoms in total. The highest BCUT2D eigenvalue weighted by atomic mass is 35.5. The highest BCUT2D eigenvalue weighted by Crippen LogP contribution is 2.67. The molecule has 0 saturated heterocycles. The summed E-state index contributed by atoms with van der Waals surface area (Å²) in [6.07, 6.45) is 0. The van der Waals surface area contributed by atoms with Crippen molar-refractivity contribution >= 4 is 46.0 Å². The fraction of sp³-hybridized carbons (Fsp3) is 0.214. The van der Waals surface area contributed by atoms with Crippen molar-refractivity contribution < 1.29 is 17.6 Å². The molecule has 1 fully saturated rings. The molecule has 0 bridgehead atoms. The van der Waals surface area contributed by atoms with E-state index in [9.17, 15) is 17.6 Å². The van der Waals surface area contributed by atoms with Gasteiger partial charge in [0.25, 0.3) is 5.92 Å². The molecule has 0 aromatic heterocycles. The zero-order chi connectivity index (χ0) is 27.3. The van der Waals surface area contributed by atoms with Crippen molar-refractivity contribution in [2.24, 2.45) is 5.92 Å². The van der Waals surface area contributed by atoms with Crippen molar-refractivity contribution in [2.45, 2.75) is 30.0 Å². The average Bonchev–Trinajstić information content (AvgIpc) is 3.42. The van der Waals surface area contributed by atoms with E-state index in [-0.39, 0.29) is 11.3 Å². The molecule has 4 N–H and O–H groups in total. The van der Waals surface area contributed by atoms with Gasteiger partial charge in [0.15, 0.2) is 5.82 Å². The normalized spacial score (nSPS) is 18.3. The number of aryl methyl sites for hydroxylation is 1. The summed E-state index contributed by atoms with van der Waals surface area (Å²) in [6, 6.07) is 13.8. The molecule has 0 spiro atoms. The fourth-order valence-electron chi connectivity index (χ4n) is 4.36. The fourth-order valence-corrected chi connectivity index (χ4v) is 5.26. The van der Waals surface area contributed by atoms with Crippen LogP contribution in [-0.2, 0) is 5.92 Å². The average molecular weight is 550 g/mol. The zero-order valence-electron chi connectivity index (χ0n) is 20.1. The number of anilines is 3. The van der Waals surface area contributed by atoms with Gasteiger partial charge in [-0.3, -0.25) is 0 Å². The van der Waals surface area contributed by atoms with Gasteiger partial charge in [-0.15, -0.1) is 23.2 Å². The second-order valence-corrected chi connectivity index (χ2v) is 10.7. The minimum Gasteiger partial charge on any atom is -0.394 e. The van der Waals surface area contributed by atoms with Crippen LogP contribution in [0.2, 0.25) is 0 Å². The molecular formula is C28H25Cl2F4N3. The first-order chi connectivity index (χ1) is 17.2. The Bertz CT molecular complexity index is 1400. The Hall–Kier alpha value is -3.16. The van der Waals surface area contributed by atoms with Crippen molar-refractivity contribution in [1.29, 1.82) is 0 Å². The molecule has 0 amide bonds. The van der Waals surface area contributed by atoms with Gasteiger partial charge in [0, 0.05) is 47.0 Å². The minimum atomic E-state index is -2.99. The molecule has 37 heavy (non-hydrogen) atoms. The van der Waals surface area contributed by atoms with Gasteiger partial charge in [0.05, 0.1) is 5.69 Å². The standard InChI is InChI=1S/C28H25Cl2F4N3/c1-14-8-9-19(13-20(14)15(2)37-22-11-10-21(31)26(35)25(22)32)36-16(3)23-24(28(23,29)30)17-6-5-7-18(12-17)27(4,33)34/h5-13,23-24,36-37H,2-3,35H2,1,4H3. The first-order valence-electron chi connectivity index (χ1n) is 11.3. The minimum absolute atomic E-state index is 0.0131. The summed E-state index contributed by atoms with van der Waals surface area (Å²) in [5.41, 5.74) is 8.34. The number of halogens is 6. The maximum absolute atomic E-state index is 14.4. The topological polar surface area (TPSA) is 50.1 Å². The molecule has 1 aliphatic carbocycles. The molecule has 4 rings (SSSR count). The number of benzene rings is 3. The van der Waals surface area contributed by atoms with Crippen molar-refractivity contribution in [3.63, 3.8) is 0 Å². The van der Waals surface area contributed by atoms with E-state index in [1.807, 2.05) is 19.1 Å². The lowest BCUT2D eigenvalue weighted by atomic mass is 10.0. The number of nitrogens with one attached hydrogen (secondary N) is 2. The van der Waals surface area contributed by atoms with Crippen LogP contribution in [0.4, 0.5) is 34.6 Å². The second-order valence-electron chi connectivity index (χ2n) is 9.25. The number of allylic oxidation sites excluding steroid dienone is 1. The molecule has 1 saturated carbocycles. The van der Waals surface area contributed by atoms with E-state index in [2.05, 4.69) is 23.8 Å². The second kappa shape index (κ2) is 9.62. The number of rotatable bonds is 8. The van der Waals surface area contributed by atoms with Crippen molar-refractivity contribution in [3.05, 3.63) is 107 Å². The molecular weight excluding hydrogens is 525 g/mol. The van der Waals surface area contributed by atoms with Gasteiger partial charge in [0.1, 0.15) is 15.8 Å². The van der Waals surface area contributed by atoms with E-state index < -0.39 is 39.4 Å². The lowest BCUT2D eigenvalue weighted by Gasteiger charge is -2.17. The first-order valence-corrected chi connectivity index (χ1v) is 12.1. The Kier molecular flexibility index (Phi) is 6.99. The van der Waals surface area contributed by atoms with Crippen LogP contribution in [0.15, 0.2) is 73.5 Å². The van der Waals surface area contributed by atoms with E-state index in [0.29, 0.717) is 28.2 Å². The lowest BCUT2D eigenvalue weighted by molar-refractivity contribution is 0.0174. The van der Waals surface area contributed by atoms with Gasteiger partial charge in [0.2, 0.25) is 0 Å². The van der Waals surface area contributed by atoms with Crippen molar-refractivity contribution in [2.75, 3.05) is 16.4 Å². The van der Waals surface area contributed by atoms with Gasteiger partial charge in [-0.2, -0.15) is 0 Å². The summed E-state index contributed by atoms with van der Waals surface area (Å²) in [5, 5.41) is 6.03. The van der Waals surface area contributed by atoms with Crippen LogP contribution < -0.4 is 16.4 Å². The SMILES string of the molecule is C=C(Nc1ccc(F)c(N)c1F)c1cc(NC(=C)C2C(c3cccc(C(C)(F)F)c3)C2(Cl)Cl)ccc1C. The largest absolute Gasteiger partial charge is 0.394 e. The van der Waals surface area contributed by atoms with E-state index in [1.54, 1.807) is 18.2 Å². The predicted octanol–water partition coefficient (Wildman–Crippen LogP) is 8.56. The van der Waals surface area contributed by atoms with Crippen molar-refractivity contribution in [3.8, 4) is 0 Å². The van der Waals surface area contributed by atoms with Crippen LogP contribution in [0.5, 0.6) is 0 Å². The van der Waals surface area contributed by atoms with E-state index in [4.69, 9.17) is 28.9 Å². The monoisotopic (exact) mass is 549 g/mol. The van der Waals surface area contributed by atoms with Crippen LogP contribution >= 0.6 is 23.2 Å². The molecule has 0 heterocycles. The number of alkyl halides is 4. The Morgan fingerprint density at radius 1 is 1.03 bits per heavy atom. The summed E-state index contributed by atoms with van der Waals surface area (Å²) < 4.78 is 54.3.